The number of imide groups is 1. The highest BCUT2D eigenvalue weighted by atomic mass is 127. The number of benzene rings is 1. The molecule has 0 radical (unpaired) electrons. The van der Waals surface area contributed by atoms with Crippen molar-refractivity contribution in [3.05, 3.63) is 35.9 Å². The van der Waals surface area contributed by atoms with Gasteiger partial charge in [0, 0.05) is 32.1 Å². The fourth-order valence-corrected chi connectivity index (χ4v) is 3.62. The Labute approximate surface area is 190 Å². The lowest BCUT2D eigenvalue weighted by molar-refractivity contribution is -0.130. The molecule has 1 aromatic rings. The maximum absolute atomic E-state index is 12.4. The van der Waals surface area contributed by atoms with Crippen LogP contribution in [0, 0.1) is 0 Å². The number of nitrogens with one attached hydrogen (secondary N) is 3. The van der Waals surface area contributed by atoms with Crippen LogP contribution in [-0.2, 0) is 10.2 Å². The van der Waals surface area contributed by atoms with E-state index in [1.165, 1.54) is 23.3 Å². The molecule has 2 fully saturated rings. The number of carbonyl (C=O) groups is 2. The van der Waals surface area contributed by atoms with Crippen molar-refractivity contribution < 1.29 is 9.59 Å². The van der Waals surface area contributed by atoms with Gasteiger partial charge in [0.1, 0.15) is 5.54 Å². The van der Waals surface area contributed by atoms with E-state index in [9.17, 15) is 9.59 Å². The molecule has 0 bridgehead atoms. The van der Waals surface area contributed by atoms with Gasteiger partial charge >= 0.3 is 6.03 Å². The molecule has 3 rings (SSSR count). The van der Waals surface area contributed by atoms with Crippen LogP contribution in [0.2, 0.25) is 0 Å². The zero-order valence-corrected chi connectivity index (χ0v) is 19.8. The number of nitrogens with zero attached hydrogens (tertiary/aromatic N) is 2. The van der Waals surface area contributed by atoms with Crippen molar-refractivity contribution in [2.24, 2.45) is 4.99 Å². The summed E-state index contributed by atoms with van der Waals surface area (Å²) >= 11 is 0. The number of guanidine groups is 1. The summed E-state index contributed by atoms with van der Waals surface area (Å²) in [6, 6.07) is 10.3. The monoisotopic (exact) mass is 513 g/mol. The molecule has 0 spiro atoms. The predicted octanol–water partition coefficient (Wildman–Crippen LogP) is 2.61. The maximum Gasteiger partial charge on any atom is 0.325 e. The molecule has 1 aliphatic heterocycles. The Morgan fingerprint density at radius 3 is 2.45 bits per heavy atom. The van der Waals surface area contributed by atoms with Gasteiger partial charge in [0.25, 0.3) is 5.91 Å². The van der Waals surface area contributed by atoms with Gasteiger partial charge in [-0.15, -0.1) is 24.0 Å². The van der Waals surface area contributed by atoms with Crippen LogP contribution in [0.5, 0.6) is 0 Å². The number of amides is 3. The van der Waals surface area contributed by atoms with E-state index in [1.54, 1.807) is 14.0 Å². The topological polar surface area (TPSA) is 85.8 Å². The van der Waals surface area contributed by atoms with Gasteiger partial charge in [0.05, 0.1) is 0 Å². The molecule has 3 amide bonds. The standard InChI is InChI=1S/C21H31N5O2.HI/c1-4-20(2)17(27)26(19(28)25-20)14-8-13-23-18(22-3)24-15-21(11-12-21)16-9-6-5-7-10-16;/h5-7,9-10H,4,8,11-15H2,1-3H3,(H,25,28)(H2,22,23,24);1H. The summed E-state index contributed by atoms with van der Waals surface area (Å²) in [6.07, 6.45) is 3.63. The molecule has 3 N–H and O–H groups in total. The van der Waals surface area contributed by atoms with Crippen molar-refractivity contribution in [2.45, 2.75) is 50.5 Å². The molecule has 1 aliphatic carbocycles. The first-order valence-electron chi connectivity index (χ1n) is 10.1. The molecular formula is C21H32IN5O2. The molecule has 1 saturated carbocycles. The van der Waals surface area contributed by atoms with Gasteiger partial charge in [-0.3, -0.25) is 14.7 Å². The highest BCUT2D eigenvalue weighted by molar-refractivity contribution is 14.0. The van der Waals surface area contributed by atoms with E-state index in [0.29, 0.717) is 25.9 Å². The van der Waals surface area contributed by atoms with Crippen molar-refractivity contribution >= 4 is 41.9 Å². The quantitative estimate of drug-likeness (QED) is 0.164. The van der Waals surface area contributed by atoms with E-state index in [4.69, 9.17) is 0 Å². The first kappa shape index (κ1) is 23.4. The second-order valence-corrected chi connectivity index (χ2v) is 7.93. The van der Waals surface area contributed by atoms with Crippen molar-refractivity contribution in [2.75, 3.05) is 26.7 Å². The molecule has 1 saturated heterocycles. The van der Waals surface area contributed by atoms with Crippen LogP contribution in [0.1, 0.15) is 45.1 Å². The van der Waals surface area contributed by atoms with Crippen molar-refractivity contribution in [1.29, 1.82) is 0 Å². The Hall–Kier alpha value is -1.84. The van der Waals surface area contributed by atoms with Crippen molar-refractivity contribution in [3.63, 3.8) is 0 Å². The molecular weight excluding hydrogens is 481 g/mol. The highest BCUT2D eigenvalue weighted by Crippen LogP contribution is 2.47. The summed E-state index contributed by atoms with van der Waals surface area (Å²) in [7, 11) is 1.75. The van der Waals surface area contributed by atoms with Gasteiger partial charge < -0.3 is 16.0 Å². The van der Waals surface area contributed by atoms with Crippen molar-refractivity contribution in [1.82, 2.24) is 20.9 Å². The van der Waals surface area contributed by atoms with E-state index >= 15 is 0 Å². The van der Waals surface area contributed by atoms with E-state index in [-0.39, 0.29) is 41.3 Å². The summed E-state index contributed by atoms with van der Waals surface area (Å²) in [5, 5.41) is 9.48. The van der Waals surface area contributed by atoms with Gasteiger partial charge in [0.15, 0.2) is 5.96 Å². The SMILES string of the molecule is CCC1(C)NC(=O)N(CCCNC(=NC)NCC2(c3ccccc3)CC2)C1=O.I. The van der Waals surface area contributed by atoms with E-state index < -0.39 is 5.54 Å². The summed E-state index contributed by atoms with van der Waals surface area (Å²) < 4.78 is 0. The highest BCUT2D eigenvalue weighted by Gasteiger charge is 2.46. The summed E-state index contributed by atoms with van der Waals surface area (Å²) in [5.41, 5.74) is 0.817. The number of carbonyl (C=O) groups excluding carboxylic acids is 2. The smallest absolute Gasteiger partial charge is 0.325 e. The lowest BCUT2D eigenvalue weighted by atomic mass is 9.96. The molecule has 1 atom stereocenters. The minimum absolute atomic E-state index is 0. The summed E-state index contributed by atoms with van der Waals surface area (Å²) in [6.45, 7) is 5.56. The Balaban J connectivity index is 0.00000300. The number of urea groups is 1. The molecule has 8 heteroatoms. The maximum atomic E-state index is 12.4. The van der Waals surface area contributed by atoms with Gasteiger partial charge in [-0.2, -0.15) is 0 Å². The third kappa shape index (κ3) is 5.21. The Morgan fingerprint density at radius 2 is 1.90 bits per heavy atom. The lowest BCUT2D eigenvalue weighted by Crippen LogP contribution is -2.43. The van der Waals surface area contributed by atoms with Crippen LogP contribution in [0.15, 0.2) is 35.3 Å². The minimum atomic E-state index is -0.766. The van der Waals surface area contributed by atoms with Crippen LogP contribution in [0.4, 0.5) is 4.79 Å². The van der Waals surface area contributed by atoms with Crippen molar-refractivity contribution in [3.8, 4) is 0 Å². The van der Waals surface area contributed by atoms with Gasteiger partial charge in [-0.1, -0.05) is 37.3 Å². The molecule has 2 aliphatic rings. The normalized spacial score (nSPS) is 22.7. The molecule has 29 heavy (non-hydrogen) atoms. The average Bonchev–Trinajstić information content (AvgIpc) is 3.47. The molecule has 0 aromatic heterocycles. The number of rotatable bonds is 8. The molecule has 160 valence electrons. The van der Waals surface area contributed by atoms with Crippen LogP contribution in [0.3, 0.4) is 0 Å². The minimum Gasteiger partial charge on any atom is -0.356 e. The zero-order chi connectivity index (χ0) is 20.2. The van der Waals surface area contributed by atoms with Crippen LogP contribution >= 0.6 is 24.0 Å². The summed E-state index contributed by atoms with van der Waals surface area (Å²) in [4.78, 5) is 30.0. The zero-order valence-electron chi connectivity index (χ0n) is 17.5. The Morgan fingerprint density at radius 1 is 1.21 bits per heavy atom. The predicted molar refractivity (Wildman–Crippen MR) is 126 cm³/mol. The first-order valence-corrected chi connectivity index (χ1v) is 10.1. The van der Waals surface area contributed by atoms with E-state index in [0.717, 1.165) is 12.5 Å². The summed E-state index contributed by atoms with van der Waals surface area (Å²) in [5.74, 6) is 0.610. The Bertz CT molecular complexity index is 751. The van der Waals surface area contributed by atoms with Gasteiger partial charge in [-0.25, -0.2) is 4.79 Å². The third-order valence-electron chi connectivity index (χ3n) is 5.96. The lowest BCUT2D eigenvalue weighted by Gasteiger charge is -2.20. The number of aliphatic imine (C=N–C) groups is 1. The number of hydrogen-bond donors (Lipinski definition) is 3. The fraction of sp³-hybridized carbons (Fsp3) is 0.571. The van der Waals surface area contributed by atoms with Crippen LogP contribution in [-0.4, -0.2) is 55.0 Å². The molecule has 7 nitrogen and oxygen atoms in total. The second-order valence-electron chi connectivity index (χ2n) is 7.93. The largest absolute Gasteiger partial charge is 0.356 e. The van der Waals surface area contributed by atoms with Gasteiger partial charge in [-0.05, 0) is 38.2 Å². The van der Waals surface area contributed by atoms with Gasteiger partial charge in [0.2, 0.25) is 0 Å². The second kappa shape index (κ2) is 9.77. The van der Waals surface area contributed by atoms with E-state index in [1.807, 2.05) is 13.0 Å². The first-order chi connectivity index (χ1) is 13.4. The Kier molecular flexibility index (Phi) is 7.90. The number of hydrogen-bond acceptors (Lipinski definition) is 3. The molecule has 1 heterocycles. The van der Waals surface area contributed by atoms with Crippen LogP contribution in [0.25, 0.3) is 0 Å². The third-order valence-corrected chi connectivity index (χ3v) is 5.96. The fourth-order valence-electron chi connectivity index (χ4n) is 3.62. The molecule has 1 aromatic carbocycles. The average molecular weight is 513 g/mol. The van der Waals surface area contributed by atoms with E-state index in [2.05, 4.69) is 45.2 Å². The van der Waals surface area contributed by atoms with Crippen LogP contribution < -0.4 is 16.0 Å². The number of halogens is 1. The molecule has 1 unspecified atom stereocenters.